The lowest BCUT2D eigenvalue weighted by Crippen LogP contribution is -2.45. The number of amides is 2. The maximum absolute atomic E-state index is 12.8. The van der Waals surface area contributed by atoms with Crippen molar-refractivity contribution in [1.29, 1.82) is 0 Å². The number of benzene rings is 2. The minimum absolute atomic E-state index is 0.0365. The summed E-state index contributed by atoms with van der Waals surface area (Å²) in [4.78, 5) is 25.3. The number of hydrogen-bond acceptors (Lipinski definition) is 6. The summed E-state index contributed by atoms with van der Waals surface area (Å²) in [7, 11) is 4.40. The topological polar surface area (TPSA) is 95.1 Å². The normalized spacial score (nSPS) is 15.8. The molecule has 2 aromatic carbocycles. The van der Waals surface area contributed by atoms with E-state index < -0.39 is 18.0 Å². The van der Waals surface area contributed by atoms with E-state index >= 15 is 0 Å². The predicted molar refractivity (Wildman–Crippen MR) is 115 cm³/mol. The molecule has 1 heterocycles. The van der Waals surface area contributed by atoms with Gasteiger partial charge in [0.25, 0.3) is 0 Å². The Balaban J connectivity index is 2.13. The summed E-state index contributed by atoms with van der Waals surface area (Å²) in [6, 6.07) is 11.1. The third-order valence-electron chi connectivity index (χ3n) is 4.74. The molecule has 2 aromatic rings. The SMILES string of the molecule is COC(=O)C1=C(c2ccc(OC)cc2)NC(=O)NC1c1ccc(OC(C)C)c(OC)c1. The lowest BCUT2D eigenvalue weighted by Gasteiger charge is -2.29. The molecule has 31 heavy (non-hydrogen) atoms. The summed E-state index contributed by atoms with van der Waals surface area (Å²) in [6.07, 6.45) is -0.0365. The van der Waals surface area contributed by atoms with Gasteiger partial charge in [-0.3, -0.25) is 0 Å². The van der Waals surface area contributed by atoms with Crippen molar-refractivity contribution in [2.75, 3.05) is 21.3 Å². The van der Waals surface area contributed by atoms with Crippen LogP contribution in [0.3, 0.4) is 0 Å². The maximum Gasteiger partial charge on any atom is 0.338 e. The molecule has 2 amide bonds. The zero-order chi connectivity index (χ0) is 22.5. The molecular weight excluding hydrogens is 400 g/mol. The van der Waals surface area contributed by atoms with Gasteiger partial charge >= 0.3 is 12.0 Å². The maximum atomic E-state index is 12.8. The minimum atomic E-state index is -0.750. The van der Waals surface area contributed by atoms with Gasteiger partial charge in [0.15, 0.2) is 11.5 Å². The van der Waals surface area contributed by atoms with Crippen molar-refractivity contribution in [1.82, 2.24) is 10.6 Å². The van der Waals surface area contributed by atoms with Crippen molar-refractivity contribution in [2.24, 2.45) is 0 Å². The van der Waals surface area contributed by atoms with Gasteiger partial charge < -0.3 is 29.6 Å². The Hall–Kier alpha value is -3.68. The van der Waals surface area contributed by atoms with E-state index in [1.807, 2.05) is 13.8 Å². The number of nitrogens with one attached hydrogen (secondary N) is 2. The van der Waals surface area contributed by atoms with E-state index in [1.54, 1.807) is 49.6 Å². The molecule has 0 fully saturated rings. The molecule has 8 nitrogen and oxygen atoms in total. The van der Waals surface area contributed by atoms with Gasteiger partial charge in [0.1, 0.15) is 5.75 Å². The van der Waals surface area contributed by atoms with Gasteiger partial charge in [-0.1, -0.05) is 6.07 Å². The number of urea groups is 1. The Labute approximate surface area is 181 Å². The second-order valence-electron chi connectivity index (χ2n) is 7.12. The first-order chi connectivity index (χ1) is 14.9. The van der Waals surface area contributed by atoms with Crippen LogP contribution in [0.4, 0.5) is 4.79 Å². The van der Waals surface area contributed by atoms with Crippen molar-refractivity contribution >= 4 is 17.7 Å². The second kappa shape index (κ2) is 9.42. The first-order valence-corrected chi connectivity index (χ1v) is 9.77. The van der Waals surface area contributed by atoms with Crippen LogP contribution in [0.2, 0.25) is 0 Å². The Kier molecular flexibility index (Phi) is 6.69. The van der Waals surface area contributed by atoms with E-state index in [-0.39, 0.29) is 11.7 Å². The molecule has 1 atom stereocenters. The third-order valence-corrected chi connectivity index (χ3v) is 4.74. The molecule has 2 N–H and O–H groups in total. The van der Waals surface area contributed by atoms with Gasteiger partial charge in [-0.25, -0.2) is 9.59 Å². The summed E-state index contributed by atoms with van der Waals surface area (Å²) in [6.45, 7) is 3.83. The highest BCUT2D eigenvalue weighted by Gasteiger charge is 2.34. The lowest BCUT2D eigenvalue weighted by atomic mass is 9.92. The number of esters is 1. The molecule has 1 aliphatic rings. The first kappa shape index (κ1) is 22.0. The van der Waals surface area contributed by atoms with Gasteiger partial charge in [0.05, 0.1) is 44.7 Å². The van der Waals surface area contributed by atoms with Gasteiger partial charge in [0, 0.05) is 0 Å². The Morgan fingerprint density at radius 3 is 2.26 bits per heavy atom. The first-order valence-electron chi connectivity index (χ1n) is 9.77. The molecule has 1 aliphatic heterocycles. The number of carbonyl (C=O) groups is 2. The van der Waals surface area contributed by atoms with E-state index in [0.717, 1.165) is 0 Å². The van der Waals surface area contributed by atoms with Crippen molar-refractivity contribution in [3.05, 3.63) is 59.2 Å². The summed E-state index contributed by atoms with van der Waals surface area (Å²) >= 11 is 0. The van der Waals surface area contributed by atoms with Crippen LogP contribution < -0.4 is 24.8 Å². The highest BCUT2D eigenvalue weighted by molar-refractivity contribution is 6.04. The van der Waals surface area contributed by atoms with E-state index in [4.69, 9.17) is 18.9 Å². The molecule has 0 radical (unpaired) electrons. The zero-order valence-corrected chi connectivity index (χ0v) is 18.1. The van der Waals surface area contributed by atoms with E-state index in [9.17, 15) is 9.59 Å². The molecule has 0 spiro atoms. The third kappa shape index (κ3) is 4.74. The van der Waals surface area contributed by atoms with Gasteiger partial charge in [-0.15, -0.1) is 0 Å². The molecule has 1 unspecified atom stereocenters. The number of ether oxygens (including phenoxy) is 4. The molecule has 0 aliphatic carbocycles. The Morgan fingerprint density at radius 1 is 0.968 bits per heavy atom. The fraction of sp³-hybridized carbons (Fsp3) is 0.304. The summed E-state index contributed by atoms with van der Waals surface area (Å²) in [5.74, 6) is 1.16. The quantitative estimate of drug-likeness (QED) is 0.659. The van der Waals surface area contributed by atoms with E-state index in [1.165, 1.54) is 14.2 Å². The van der Waals surface area contributed by atoms with Crippen molar-refractivity contribution < 1.29 is 28.5 Å². The molecule has 0 saturated heterocycles. The molecule has 3 rings (SSSR count). The number of hydrogen-bond donors (Lipinski definition) is 2. The molecule has 0 aromatic heterocycles. The van der Waals surface area contributed by atoms with E-state index in [2.05, 4.69) is 10.6 Å². The van der Waals surface area contributed by atoms with Crippen LogP contribution in [-0.4, -0.2) is 39.4 Å². The van der Waals surface area contributed by atoms with Crippen LogP contribution in [0.1, 0.15) is 31.0 Å². The highest BCUT2D eigenvalue weighted by atomic mass is 16.5. The van der Waals surface area contributed by atoms with Crippen molar-refractivity contribution in [3.8, 4) is 17.2 Å². The minimum Gasteiger partial charge on any atom is -0.497 e. The van der Waals surface area contributed by atoms with Crippen LogP contribution in [0.5, 0.6) is 17.2 Å². The van der Waals surface area contributed by atoms with Crippen LogP contribution in [0.15, 0.2) is 48.0 Å². The largest absolute Gasteiger partial charge is 0.497 e. The molecule has 8 heteroatoms. The molecule has 164 valence electrons. The van der Waals surface area contributed by atoms with Crippen LogP contribution in [0.25, 0.3) is 5.70 Å². The number of carbonyl (C=O) groups excluding carboxylic acids is 2. The monoisotopic (exact) mass is 426 g/mol. The molecule has 0 saturated carbocycles. The van der Waals surface area contributed by atoms with Gasteiger partial charge in [-0.2, -0.15) is 0 Å². The Bertz CT molecular complexity index is 998. The van der Waals surface area contributed by atoms with Crippen LogP contribution in [-0.2, 0) is 9.53 Å². The van der Waals surface area contributed by atoms with Crippen molar-refractivity contribution in [2.45, 2.75) is 26.0 Å². The zero-order valence-electron chi connectivity index (χ0n) is 18.1. The van der Waals surface area contributed by atoms with Gasteiger partial charge in [-0.05, 0) is 61.4 Å². The van der Waals surface area contributed by atoms with Gasteiger partial charge in [0.2, 0.25) is 0 Å². The Morgan fingerprint density at radius 2 is 1.68 bits per heavy atom. The average Bonchev–Trinajstić information content (AvgIpc) is 2.78. The molecular formula is C23H26N2O6. The fourth-order valence-corrected chi connectivity index (χ4v) is 3.34. The average molecular weight is 426 g/mol. The van der Waals surface area contributed by atoms with Crippen molar-refractivity contribution in [3.63, 3.8) is 0 Å². The highest BCUT2D eigenvalue weighted by Crippen LogP contribution is 2.37. The van der Waals surface area contributed by atoms with Crippen LogP contribution >= 0.6 is 0 Å². The van der Waals surface area contributed by atoms with Crippen LogP contribution in [0, 0.1) is 0 Å². The van der Waals surface area contributed by atoms with E-state index in [0.29, 0.717) is 34.1 Å². The number of rotatable bonds is 7. The summed E-state index contributed by atoms with van der Waals surface area (Å²) < 4.78 is 21.5. The summed E-state index contributed by atoms with van der Waals surface area (Å²) in [5.41, 5.74) is 1.93. The summed E-state index contributed by atoms with van der Waals surface area (Å²) in [5, 5.41) is 5.54. The number of methoxy groups -OCH3 is 3. The standard InChI is InChI=1S/C23H26N2O6/c1-13(2)31-17-11-8-15(12-18(17)29-4)21-19(22(26)30-5)20(24-23(27)25-21)14-6-9-16(28-3)10-7-14/h6-13,21H,1-5H3,(H2,24,25,27). The molecule has 0 bridgehead atoms. The predicted octanol–water partition coefficient (Wildman–Crippen LogP) is 3.43. The second-order valence-corrected chi connectivity index (χ2v) is 7.12. The fourth-order valence-electron chi connectivity index (χ4n) is 3.34. The lowest BCUT2D eigenvalue weighted by molar-refractivity contribution is -0.136. The smallest absolute Gasteiger partial charge is 0.338 e.